The van der Waals surface area contributed by atoms with Gasteiger partial charge in [-0.2, -0.15) is 23.2 Å². The summed E-state index contributed by atoms with van der Waals surface area (Å²) in [6.45, 7) is 2.84. The Bertz CT molecular complexity index is 946. The first-order valence-corrected chi connectivity index (χ1v) is 11.6. The third-order valence-electron chi connectivity index (χ3n) is 4.80. The second-order valence-electron chi connectivity index (χ2n) is 7.39. The molecule has 1 aromatic rings. The van der Waals surface area contributed by atoms with Crippen LogP contribution in [0.1, 0.15) is 37.7 Å². The minimum Gasteiger partial charge on any atom is -0.475 e. The van der Waals surface area contributed by atoms with Crippen LogP contribution in [0.2, 0.25) is 0 Å². The van der Waals surface area contributed by atoms with Crippen LogP contribution in [0.4, 0.5) is 13.2 Å². The molecule has 1 fully saturated rings. The molecule has 1 aliphatic rings. The van der Waals surface area contributed by atoms with Crippen molar-refractivity contribution in [3.63, 3.8) is 0 Å². The van der Waals surface area contributed by atoms with Crippen LogP contribution in [0.25, 0.3) is 0 Å². The smallest absolute Gasteiger partial charge is 0.475 e. The molecule has 0 bridgehead atoms. The zero-order valence-electron chi connectivity index (χ0n) is 18.0. The number of carboxylic acids is 1. The molecular formula is C20H27F3N4O5S. The number of nitrogens with zero attached hydrogens (tertiary/aromatic N) is 2. The number of hydrogen-bond donors (Lipinski definition) is 3. The fraction of sp³-hybridized carbons (Fsp3) is 0.550. The lowest BCUT2D eigenvalue weighted by Gasteiger charge is -2.26. The Balaban J connectivity index is 0.000000675. The number of carbonyl (C=O) groups is 2. The Labute approximate surface area is 190 Å². The van der Waals surface area contributed by atoms with Crippen molar-refractivity contribution in [3.8, 4) is 6.07 Å². The number of likely N-dealkylation sites (tertiary alicyclic amines) is 1. The topological polar surface area (TPSA) is 154 Å². The summed E-state index contributed by atoms with van der Waals surface area (Å²) in [6.07, 6.45) is -2.01. The summed E-state index contributed by atoms with van der Waals surface area (Å²) < 4.78 is 59.6. The number of rotatable bonds is 8. The quantitative estimate of drug-likeness (QED) is 0.469. The molecule has 2 rings (SSSR count). The highest BCUT2D eigenvalue weighted by Crippen LogP contribution is 2.20. The van der Waals surface area contributed by atoms with Gasteiger partial charge in [-0.25, -0.2) is 13.2 Å². The van der Waals surface area contributed by atoms with E-state index in [1.54, 1.807) is 12.1 Å². The lowest BCUT2D eigenvalue weighted by atomic mass is 10.1. The van der Waals surface area contributed by atoms with Crippen LogP contribution in [0.5, 0.6) is 0 Å². The van der Waals surface area contributed by atoms with Crippen molar-refractivity contribution >= 4 is 21.9 Å². The van der Waals surface area contributed by atoms with Crippen LogP contribution < -0.4 is 10.5 Å². The molecule has 33 heavy (non-hydrogen) atoms. The van der Waals surface area contributed by atoms with Gasteiger partial charge in [0.05, 0.1) is 11.0 Å². The maximum absolute atomic E-state index is 12.9. The maximum atomic E-state index is 12.9. The number of benzene rings is 1. The number of nitrogens with two attached hydrogens (primary N) is 1. The molecule has 1 aliphatic heterocycles. The Morgan fingerprint density at radius 3 is 2.36 bits per heavy atom. The zero-order valence-corrected chi connectivity index (χ0v) is 18.8. The first-order valence-electron chi connectivity index (χ1n) is 10.1. The number of aryl methyl sites for hydroxylation is 1. The van der Waals surface area contributed by atoms with E-state index in [0.717, 1.165) is 12.0 Å². The molecule has 1 saturated heterocycles. The Kier molecular flexibility index (Phi) is 10.8. The van der Waals surface area contributed by atoms with Gasteiger partial charge in [-0.1, -0.05) is 24.1 Å². The highest BCUT2D eigenvalue weighted by Gasteiger charge is 2.38. The Hall–Kier alpha value is -2.69. The van der Waals surface area contributed by atoms with Crippen molar-refractivity contribution in [1.29, 1.82) is 5.26 Å². The molecule has 0 unspecified atom stereocenters. The second kappa shape index (κ2) is 12.5. The van der Waals surface area contributed by atoms with Gasteiger partial charge in [-0.3, -0.25) is 4.79 Å². The van der Waals surface area contributed by atoms with Crippen LogP contribution in [-0.2, 0) is 19.6 Å². The van der Waals surface area contributed by atoms with Crippen molar-refractivity contribution in [2.45, 2.75) is 62.2 Å². The number of nitrogens with one attached hydrogen (secondary N) is 1. The first-order chi connectivity index (χ1) is 15.3. The van der Waals surface area contributed by atoms with Crippen LogP contribution >= 0.6 is 0 Å². The number of alkyl halides is 3. The van der Waals surface area contributed by atoms with E-state index < -0.39 is 34.3 Å². The molecule has 2 atom stereocenters. The van der Waals surface area contributed by atoms with E-state index in [2.05, 4.69) is 10.8 Å². The summed E-state index contributed by atoms with van der Waals surface area (Å²) in [5.41, 5.74) is 6.46. The van der Waals surface area contributed by atoms with Crippen LogP contribution in [0, 0.1) is 18.3 Å². The van der Waals surface area contributed by atoms with Gasteiger partial charge < -0.3 is 15.7 Å². The van der Waals surface area contributed by atoms with Gasteiger partial charge >= 0.3 is 12.1 Å². The molecule has 1 amide bonds. The van der Waals surface area contributed by atoms with Gasteiger partial charge in [0.15, 0.2) is 0 Å². The van der Waals surface area contributed by atoms with E-state index in [-0.39, 0.29) is 10.8 Å². The van der Waals surface area contributed by atoms with Crippen molar-refractivity contribution in [1.82, 2.24) is 9.62 Å². The van der Waals surface area contributed by atoms with Gasteiger partial charge in [0.1, 0.15) is 12.1 Å². The van der Waals surface area contributed by atoms with Crippen LogP contribution in [-0.4, -0.2) is 61.7 Å². The van der Waals surface area contributed by atoms with Gasteiger partial charge in [-0.05, 0) is 51.3 Å². The van der Waals surface area contributed by atoms with E-state index in [1.165, 1.54) is 17.0 Å². The minimum absolute atomic E-state index is 0.123. The SMILES string of the molecule is Cc1ccc(S(=O)(=O)N[C@@H](CCCCN)C(=O)N2CCC[C@H]2C#N)cc1.O=C(O)C(F)(F)F. The largest absolute Gasteiger partial charge is 0.490 e. The lowest BCUT2D eigenvalue weighted by molar-refractivity contribution is -0.192. The lowest BCUT2D eigenvalue weighted by Crippen LogP contribution is -2.49. The molecule has 4 N–H and O–H groups in total. The number of sulfonamides is 1. The zero-order chi connectivity index (χ0) is 25.2. The molecule has 1 aromatic carbocycles. The number of amides is 1. The number of carbonyl (C=O) groups excluding carboxylic acids is 1. The summed E-state index contributed by atoms with van der Waals surface area (Å²) in [4.78, 5) is 23.4. The molecule has 9 nitrogen and oxygen atoms in total. The molecule has 0 aromatic heterocycles. The molecule has 0 spiro atoms. The average Bonchev–Trinajstić information content (AvgIpc) is 3.21. The Morgan fingerprint density at radius 2 is 1.88 bits per heavy atom. The van der Waals surface area contributed by atoms with Crippen molar-refractivity contribution in [2.75, 3.05) is 13.1 Å². The number of nitriles is 1. The molecule has 0 saturated carbocycles. The Morgan fingerprint density at radius 1 is 1.30 bits per heavy atom. The molecule has 184 valence electrons. The minimum atomic E-state index is -5.08. The summed E-state index contributed by atoms with van der Waals surface area (Å²) >= 11 is 0. The van der Waals surface area contributed by atoms with Gasteiger partial charge in [-0.15, -0.1) is 0 Å². The van der Waals surface area contributed by atoms with E-state index in [4.69, 9.17) is 15.6 Å². The van der Waals surface area contributed by atoms with Gasteiger partial charge in [0.25, 0.3) is 0 Å². The number of unbranched alkanes of at least 4 members (excludes halogenated alkanes) is 1. The third-order valence-corrected chi connectivity index (χ3v) is 6.29. The normalized spacial score (nSPS) is 17.0. The van der Waals surface area contributed by atoms with E-state index in [1.807, 2.05) is 6.92 Å². The standard InChI is InChI=1S/C18H26N4O3S.C2HF3O2/c1-14-7-9-16(10-8-14)26(24,25)21-17(6-2-3-11-19)18(23)22-12-4-5-15(22)13-20;3-2(4,5)1(6)7/h7-10,15,17,21H,2-6,11-12,19H2,1H3;(H,6,7)/t15-,17-;/m0./s1. The first kappa shape index (κ1) is 28.3. The molecule has 13 heteroatoms. The van der Waals surface area contributed by atoms with E-state index >= 15 is 0 Å². The second-order valence-corrected chi connectivity index (χ2v) is 9.11. The predicted molar refractivity (Wildman–Crippen MR) is 112 cm³/mol. The van der Waals surface area contributed by atoms with E-state index in [0.29, 0.717) is 38.8 Å². The number of halogens is 3. The fourth-order valence-corrected chi connectivity index (χ4v) is 4.29. The molecule has 0 aliphatic carbocycles. The third kappa shape index (κ3) is 8.99. The summed E-state index contributed by atoms with van der Waals surface area (Å²) in [6, 6.07) is 7.23. The summed E-state index contributed by atoms with van der Waals surface area (Å²) in [7, 11) is -3.82. The van der Waals surface area contributed by atoms with Crippen LogP contribution in [0.15, 0.2) is 29.2 Å². The molecule has 0 radical (unpaired) electrons. The van der Waals surface area contributed by atoms with Crippen LogP contribution in [0.3, 0.4) is 0 Å². The highest BCUT2D eigenvalue weighted by atomic mass is 32.2. The van der Waals surface area contributed by atoms with Gasteiger partial charge in [0.2, 0.25) is 15.9 Å². The fourth-order valence-electron chi connectivity index (χ4n) is 3.06. The number of carboxylic acid groups (broad SMARTS) is 1. The maximum Gasteiger partial charge on any atom is 0.490 e. The molecule has 1 heterocycles. The summed E-state index contributed by atoms with van der Waals surface area (Å²) in [5, 5.41) is 16.3. The van der Waals surface area contributed by atoms with Crippen molar-refractivity contribution in [3.05, 3.63) is 29.8 Å². The van der Waals surface area contributed by atoms with Crippen molar-refractivity contribution < 1.29 is 36.3 Å². The molecular weight excluding hydrogens is 465 g/mol. The monoisotopic (exact) mass is 492 g/mol. The van der Waals surface area contributed by atoms with Crippen molar-refractivity contribution in [2.24, 2.45) is 5.73 Å². The van der Waals surface area contributed by atoms with E-state index in [9.17, 15) is 31.6 Å². The number of aliphatic carboxylic acids is 1. The summed E-state index contributed by atoms with van der Waals surface area (Å²) in [5.74, 6) is -3.09. The number of hydrogen-bond acceptors (Lipinski definition) is 6. The average molecular weight is 493 g/mol. The predicted octanol–water partition coefficient (Wildman–Crippen LogP) is 1.92. The highest BCUT2D eigenvalue weighted by molar-refractivity contribution is 7.89. The van der Waals surface area contributed by atoms with Gasteiger partial charge in [0, 0.05) is 6.54 Å².